The molecule has 2 fully saturated rings. The highest BCUT2D eigenvalue weighted by molar-refractivity contribution is 6.99. The monoisotopic (exact) mass is 815 g/mol. The Bertz CT molecular complexity index is 2190. The molecule has 7 rings (SSSR count). The third-order valence-corrected chi connectivity index (χ3v) is 17.2. The number of phenolic OH excluding ortho intramolecular Hbond substituents is 1. The fraction of sp³-hybridized carbons (Fsp3) is 0.348. The molecular formula is C46H52B2FNO8Si. The van der Waals surface area contributed by atoms with Crippen molar-refractivity contribution in [1.29, 1.82) is 0 Å². The second kappa shape index (κ2) is 17.5. The summed E-state index contributed by atoms with van der Waals surface area (Å²) in [6.07, 6.45) is 4.26. The number of fused-ring (bicyclic) bond motifs is 3. The van der Waals surface area contributed by atoms with Crippen LogP contribution in [-0.2, 0) is 18.7 Å². The van der Waals surface area contributed by atoms with Crippen LogP contribution in [0.25, 0.3) is 6.08 Å². The first-order valence-corrected chi connectivity index (χ1v) is 22.5. The number of carbonyl (C=O) groups is 2. The molecule has 0 bridgehead atoms. The molecule has 3 aliphatic rings. The van der Waals surface area contributed by atoms with Crippen molar-refractivity contribution in [1.82, 2.24) is 0 Å². The van der Waals surface area contributed by atoms with Crippen LogP contribution in [-0.4, -0.2) is 67.3 Å². The number of hydrogen-bond acceptors (Lipinski definition) is 8. The quantitative estimate of drug-likeness (QED) is 0.0762. The smallest absolute Gasteiger partial charge is 0.488 e. The zero-order valence-electron chi connectivity index (χ0n) is 34.1. The molecule has 0 unspecified atom stereocenters. The van der Waals surface area contributed by atoms with E-state index in [2.05, 4.69) is 52.0 Å². The van der Waals surface area contributed by atoms with Gasteiger partial charge in [-0.2, -0.15) is 0 Å². The molecule has 4 aromatic carbocycles. The van der Waals surface area contributed by atoms with E-state index < -0.39 is 63.9 Å². The van der Waals surface area contributed by atoms with Crippen LogP contribution < -0.4 is 20.7 Å². The summed E-state index contributed by atoms with van der Waals surface area (Å²) >= 11 is 0. The molecule has 1 aliphatic carbocycles. The molecular weight excluding hydrogens is 763 g/mol. The Morgan fingerprint density at radius 3 is 2.22 bits per heavy atom. The summed E-state index contributed by atoms with van der Waals surface area (Å²) in [5, 5.41) is 42.9. The van der Waals surface area contributed by atoms with Crippen LogP contribution in [0, 0.1) is 23.6 Å². The predicted octanol–water partition coefficient (Wildman–Crippen LogP) is 5.75. The lowest BCUT2D eigenvalue weighted by Gasteiger charge is -2.46. The van der Waals surface area contributed by atoms with E-state index >= 15 is 0 Å². The largest absolute Gasteiger partial charge is 0.505 e. The number of nitrogens with zero attached hydrogens (tertiary/aromatic N) is 1. The van der Waals surface area contributed by atoms with Gasteiger partial charge in [0.1, 0.15) is 0 Å². The zero-order valence-corrected chi connectivity index (χ0v) is 35.1. The van der Waals surface area contributed by atoms with Gasteiger partial charge in [-0.25, -0.2) is 4.39 Å². The Hall–Kier alpha value is -4.62. The lowest BCUT2D eigenvalue weighted by Crippen LogP contribution is -2.66. The fourth-order valence-electron chi connectivity index (χ4n) is 9.69. The molecule has 0 aromatic heterocycles. The number of allylic oxidation sites excluding steroid dienone is 1. The molecule has 0 radical (unpaired) electrons. The van der Waals surface area contributed by atoms with Crippen molar-refractivity contribution in [3.8, 4) is 5.75 Å². The van der Waals surface area contributed by atoms with Gasteiger partial charge in [0.25, 0.3) is 8.32 Å². The van der Waals surface area contributed by atoms with Crippen molar-refractivity contribution in [3.05, 3.63) is 131 Å². The van der Waals surface area contributed by atoms with Crippen LogP contribution in [0.3, 0.4) is 0 Å². The lowest BCUT2D eigenvalue weighted by atomic mass is 9.58. The first kappa shape index (κ1) is 42.5. The van der Waals surface area contributed by atoms with Crippen LogP contribution in [0.4, 0.5) is 10.1 Å². The summed E-state index contributed by atoms with van der Waals surface area (Å²) in [5.74, 6) is -3.93. The molecule has 4 atom stereocenters. The van der Waals surface area contributed by atoms with Gasteiger partial charge in [0.2, 0.25) is 11.8 Å². The Balaban J connectivity index is 1.32. The molecule has 306 valence electrons. The van der Waals surface area contributed by atoms with Gasteiger partial charge in [-0.15, -0.1) is 0 Å². The van der Waals surface area contributed by atoms with Crippen molar-refractivity contribution in [3.63, 3.8) is 0 Å². The Labute approximate surface area is 347 Å². The average molecular weight is 816 g/mol. The Morgan fingerprint density at radius 2 is 1.61 bits per heavy atom. The van der Waals surface area contributed by atoms with E-state index in [1.807, 2.05) is 42.5 Å². The van der Waals surface area contributed by atoms with Crippen LogP contribution in [0.5, 0.6) is 5.75 Å². The number of amides is 2. The summed E-state index contributed by atoms with van der Waals surface area (Å²) in [4.78, 5) is 30.3. The maximum Gasteiger partial charge on any atom is 0.488 e. The van der Waals surface area contributed by atoms with Gasteiger partial charge in [-0.05, 0) is 99.8 Å². The second-order valence-electron chi connectivity index (χ2n) is 17.1. The molecule has 13 heteroatoms. The van der Waals surface area contributed by atoms with Crippen molar-refractivity contribution in [2.45, 2.75) is 77.3 Å². The highest BCUT2D eigenvalue weighted by Crippen LogP contribution is 2.52. The molecule has 0 saturated carbocycles. The van der Waals surface area contributed by atoms with E-state index in [4.69, 9.17) is 9.08 Å². The van der Waals surface area contributed by atoms with Gasteiger partial charge in [0.05, 0.1) is 30.2 Å². The summed E-state index contributed by atoms with van der Waals surface area (Å²) in [6, 6.07) is 31.1. The van der Waals surface area contributed by atoms with Gasteiger partial charge in [-0.1, -0.05) is 125 Å². The number of benzene rings is 4. The highest BCUT2D eigenvalue weighted by Gasteiger charge is 2.58. The van der Waals surface area contributed by atoms with Crippen molar-refractivity contribution in [2.75, 3.05) is 11.5 Å². The standard InChI is InChI=1S/C46H52B2FNO8Si/c1-5-13-30(24-31-20-22-40(51)39(49)25-31)21-23-41-42-32(29-57-59(46(2,3)4,35-16-8-6-9-17-35)36-18-10-7-11-19-36)26-37-43(38(42)28-47(54)58-41)45(53)50(44(37)52)34-15-12-14-33(27-34)48(55)56/h6-12,14-20,22,24-25,27,37-38,41,43,51,54-56H,5,13,21,23,26,28-29H2,1-4H3/b30-24+/t37-,38+,41-,43-/m1/s1. The summed E-state index contributed by atoms with van der Waals surface area (Å²) < 4.78 is 28.2. The summed E-state index contributed by atoms with van der Waals surface area (Å²) in [7, 11) is -6.04. The third kappa shape index (κ3) is 8.42. The SMILES string of the molecule is CCC/C(=C\c1ccc(O)c(F)c1)CC[C@H]1OB(O)C[C@H]2C1=C(CO[Si](c1ccccc1)(c1ccccc1)C(C)(C)C)C[C@H]1C(=O)N(c3cccc(B(O)O)c3)C(=O)[C@H]12. The number of halogens is 1. The number of imide groups is 1. The maximum atomic E-state index is 14.6. The molecule has 9 nitrogen and oxygen atoms in total. The molecule has 4 aromatic rings. The van der Waals surface area contributed by atoms with E-state index in [0.717, 1.165) is 39.9 Å². The van der Waals surface area contributed by atoms with Crippen molar-refractivity contribution < 1.29 is 43.2 Å². The molecule has 2 aliphatic heterocycles. The number of rotatable bonds is 13. The first-order chi connectivity index (χ1) is 28.2. The fourth-order valence-corrected chi connectivity index (χ4v) is 14.2. The van der Waals surface area contributed by atoms with Crippen molar-refractivity contribution in [2.24, 2.45) is 17.8 Å². The first-order valence-electron chi connectivity index (χ1n) is 20.6. The molecule has 0 spiro atoms. The molecule has 2 heterocycles. The summed E-state index contributed by atoms with van der Waals surface area (Å²) in [5.41, 5.74) is 3.84. The minimum atomic E-state index is -3.06. The van der Waals surface area contributed by atoms with Crippen LogP contribution in [0.15, 0.2) is 120 Å². The Morgan fingerprint density at radius 1 is 0.932 bits per heavy atom. The van der Waals surface area contributed by atoms with Crippen LogP contribution >= 0.6 is 0 Å². The van der Waals surface area contributed by atoms with Gasteiger partial charge in [-0.3, -0.25) is 14.5 Å². The zero-order chi connectivity index (χ0) is 42.1. The van der Waals surface area contributed by atoms with Gasteiger partial charge in [0, 0.05) is 0 Å². The van der Waals surface area contributed by atoms with Gasteiger partial charge >= 0.3 is 14.2 Å². The number of hydrogen-bond donors (Lipinski definition) is 4. The van der Waals surface area contributed by atoms with E-state index in [0.29, 0.717) is 18.4 Å². The molecule has 59 heavy (non-hydrogen) atoms. The number of carbonyl (C=O) groups excluding carboxylic acids is 2. The van der Waals surface area contributed by atoms with Crippen LogP contribution in [0.2, 0.25) is 11.4 Å². The molecule has 4 N–H and O–H groups in total. The van der Waals surface area contributed by atoms with Crippen LogP contribution in [0.1, 0.15) is 65.4 Å². The number of aromatic hydroxyl groups is 1. The van der Waals surface area contributed by atoms with Crippen molar-refractivity contribution >= 4 is 62.0 Å². The summed E-state index contributed by atoms with van der Waals surface area (Å²) in [6.45, 7) is 8.86. The Kier molecular flexibility index (Phi) is 12.6. The maximum absolute atomic E-state index is 14.6. The number of anilines is 1. The molecule has 2 amide bonds. The number of phenols is 1. The minimum Gasteiger partial charge on any atom is -0.505 e. The van der Waals surface area contributed by atoms with E-state index in [-0.39, 0.29) is 41.4 Å². The second-order valence-corrected chi connectivity index (χ2v) is 21.4. The normalized spacial score (nSPS) is 21.2. The van der Waals surface area contributed by atoms with E-state index in [1.165, 1.54) is 29.2 Å². The van der Waals surface area contributed by atoms with Gasteiger partial charge < -0.3 is 29.3 Å². The van der Waals surface area contributed by atoms with E-state index in [1.54, 1.807) is 18.2 Å². The third-order valence-electron chi connectivity index (χ3n) is 12.3. The van der Waals surface area contributed by atoms with E-state index in [9.17, 15) is 34.2 Å². The van der Waals surface area contributed by atoms with Gasteiger partial charge in [0.15, 0.2) is 11.6 Å². The lowest BCUT2D eigenvalue weighted by molar-refractivity contribution is -0.122. The molecule has 2 saturated heterocycles. The highest BCUT2D eigenvalue weighted by atomic mass is 28.4. The predicted molar refractivity (Wildman–Crippen MR) is 232 cm³/mol. The average Bonchev–Trinajstić information content (AvgIpc) is 3.47. The topological polar surface area (TPSA) is 137 Å². The minimum absolute atomic E-state index is 0.114.